The Morgan fingerprint density at radius 3 is 2.43 bits per heavy atom. The molecule has 1 amide bonds. The van der Waals surface area contributed by atoms with E-state index in [1.54, 1.807) is 32.2 Å². The number of halogens is 2. The van der Waals surface area contributed by atoms with E-state index in [-0.39, 0.29) is 23.5 Å². The Morgan fingerprint density at radius 1 is 1.29 bits per heavy atom. The van der Waals surface area contributed by atoms with Crippen LogP contribution in [0.5, 0.6) is 0 Å². The zero-order valence-corrected chi connectivity index (χ0v) is 22.6. The van der Waals surface area contributed by atoms with E-state index in [9.17, 15) is 13.6 Å². The third-order valence-electron chi connectivity index (χ3n) is 5.46. The third-order valence-corrected chi connectivity index (χ3v) is 5.86. The van der Waals surface area contributed by atoms with Crippen LogP contribution in [0.4, 0.5) is 14.5 Å². The first kappa shape index (κ1) is 30.6. The van der Waals surface area contributed by atoms with Crippen LogP contribution in [0.2, 0.25) is 0 Å². The van der Waals surface area contributed by atoms with Crippen molar-refractivity contribution in [2.24, 2.45) is 10.9 Å². The summed E-state index contributed by atoms with van der Waals surface area (Å²) in [6, 6.07) is 7.17. The zero-order valence-electron chi connectivity index (χ0n) is 21.5. The van der Waals surface area contributed by atoms with Crippen LogP contribution < -0.4 is 16.0 Å². The van der Waals surface area contributed by atoms with Gasteiger partial charge in [0.2, 0.25) is 5.91 Å². The number of aliphatic imine (C=N–C) groups is 1. The summed E-state index contributed by atoms with van der Waals surface area (Å²) in [5.41, 5.74) is -1.30. The van der Waals surface area contributed by atoms with Crippen LogP contribution in [-0.4, -0.2) is 43.3 Å². The lowest BCUT2D eigenvalue weighted by molar-refractivity contribution is -0.122. The number of amidine groups is 1. The van der Waals surface area contributed by atoms with Gasteiger partial charge in [-0.15, -0.1) is 0 Å². The Balaban J connectivity index is 0.000000759. The largest absolute Gasteiger partial charge is 0.388 e. The number of nitrogens with zero attached hydrogens (tertiary/aromatic N) is 1. The molecule has 1 aromatic carbocycles. The number of hydrogen-bond donors (Lipinski definition) is 4. The van der Waals surface area contributed by atoms with Gasteiger partial charge in [0, 0.05) is 36.5 Å². The molecule has 35 heavy (non-hydrogen) atoms. The molecule has 2 aliphatic heterocycles. The molecule has 0 bridgehead atoms. The molecule has 2 atom stereocenters. The monoisotopic (exact) mass is 507 g/mol. The average molecular weight is 508 g/mol. The van der Waals surface area contributed by atoms with E-state index in [1.807, 2.05) is 32.9 Å². The fourth-order valence-corrected chi connectivity index (χ4v) is 3.97. The van der Waals surface area contributed by atoms with E-state index in [1.165, 1.54) is 41.4 Å². The topological polar surface area (TPSA) is 89.4 Å². The summed E-state index contributed by atoms with van der Waals surface area (Å²) in [5, 5.41) is 17.5. The highest BCUT2D eigenvalue weighted by Gasteiger charge is 2.44. The molecule has 3 rings (SSSR count). The van der Waals surface area contributed by atoms with Crippen LogP contribution in [-0.2, 0) is 4.79 Å². The standard InChI is InChI=1S/C20H25F2N4OP.C4H9N.C2H6/c1-4-5-10-25-19-17(14(20(21,22)28)11-16(27)26-19)12(2)18(23)13-8-6-7-9-15(13)24-3;1-2-4-5-3-1;1-2/h5-10,14,23-24H,4,11,28H2,1-3H3,(H,25,26,27);5H,1-4H2;1-2H3/b10-5+,17-12+,23-18?;;. The summed E-state index contributed by atoms with van der Waals surface area (Å²) in [6.07, 6.45) is 6.37. The summed E-state index contributed by atoms with van der Waals surface area (Å²) in [7, 11) is 3.25. The average Bonchev–Trinajstić information content (AvgIpc) is 3.44. The van der Waals surface area contributed by atoms with Gasteiger partial charge in [0.15, 0.2) is 0 Å². The minimum atomic E-state index is -3.22. The first-order valence-corrected chi connectivity index (χ1v) is 12.8. The van der Waals surface area contributed by atoms with Crippen molar-refractivity contribution in [3.05, 3.63) is 53.3 Å². The fourth-order valence-electron chi connectivity index (χ4n) is 3.69. The third kappa shape index (κ3) is 9.26. The van der Waals surface area contributed by atoms with Gasteiger partial charge >= 0.3 is 0 Å². The van der Waals surface area contributed by atoms with Gasteiger partial charge in [-0.3, -0.25) is 10.2 Å². The molecule has 0 aliphatic carbocycles. The summed E-state index contributed by atoms with van der Waals surface area (Å²) < 4.78 is 28.7. The lowest BCUT2D eigenvalue weighted by Crippen LogP contribution is -2.46. The van der Waals surface area contributed by atoms with Crippen LogP contribution in [0.1, 0.15) is 58.9 Å². The molecule has 2 aliphatic rings. The molecule has 2 unspecified atom stereocenters. The smallest absolute Gasteiger partial charge is 0.266 e. The second-order valence-electron chi connectivity index (χ2n) is 7.92. The number of hydrogen-bond acceptors (Lipinski definition) is 5. The number of carbonyl (C=O) groups is 1. The van der Waals surface area contributed by atoms with Gasteiger partial charge in [-0.25, -0.2) is 13.8 Å². The lowest BCUT2D eigenvalue weighted by atomic mass is 9.84. The Labute approximate surface area is 210 Å². The molecule has 9 heteroatoms. The zero-order chi connectivity index (χ0) is 26.4. The maximum atomic E-state index is 14.4. The van der Waals surface area contributed by atoms with E-state index >= 15 is 0 Å². The highest BCUT2D eigenvalue weighted by molar-refractivity contribution is 7.18. The summed E-state index contributed by atoms with van der Waals surface area (Å²) >= 11 is 0. The minimum Gasteiger partial charge on any atom is -0.388 e. The second-order valence-corrected chi connectivity index (χ2v) is 8.69. The van der Waals surface area contributed by atoms with Crippen LogP contribution in [0.25, 0.3) is 0 Å². The summed E-state index contributed by atoms with van der Waals surface area (Å²) in [4.78, 5) is 16.2. The highest BCUT2D eigenvalue weighted by atomic mass is 31.0. The summed E-state index contributed by atoms with van der Waals surface area (Å²) in [5.74, 6) is -1.84. The van der Waals surface area contributed by atoms with E-state index in [2.05, 4.69) is 20.9 Å². The summed E-state index contributed by atoms with van der Waals surface area (Å²) in [6.45, 7) is 10.0. The highest BCUT2D eigenvalue weighted by Crippen LogP contribution is 2.42. The number of anilines is 1. The number of piperidine rings is 1. The number of nitrogens with one attached hydrogen (secondary N) is 4. The number of rotatable bonds is 6. The van der Waals surface area contributed by atoms with Gasteiger partial charge in [-0.05, 0) is 50.9 Å². The predicted octanol–water partition coefficient (Wildman–Crippen LogP) is 5.73. The maximum absolute atomic E-state index is 14.4. The van der Waals surface area contributed by atoms with Gasteiger partial charge in [0.05, 0.1) is 11.6 Å². The van der Waals surface area contributed by atoms with Gasteiger partial charge in [-0.2, -0.15) is 0 Å². The van der Waals surface area contributed by atoms with Crippen molar-refractivity contribution >= 4 is 32.4 Å². The molecule has 2 heterocycles. The number of alkyl halides is 2. The van der Waals surface area contributed by atoms with Gasteiger partial charge in [-0.1, -0.05) is 54.3 Å². The van der Waals surface area contributed by atoms with Gasteiger partial charge in [0.25, 0.3) is 5.66 Å². The Morgan fingerprint density at radius 2 is 1.91 bits per heavy atom. The van der Waals surface area contributed by atoms with E-state index in [0.29, 0.717) is 16.8 Å². The van der Waals surface area contributed by atoms with Crippen molar-refractivity contribution in [1.29, 1.82) is 5.41 Å². The SMILES string of the molecule is C1CCNC1.CC.CC/C=C/N=C1\NC(=O)CC(C(F)(F)P)\C1=C(\C)C(=N)c1ccccc1NC. The number of amides is 1. The molecule has 6 nitrogen and oxygen atoms in total. The Kier molecular flexibility index (Phi) is 13.6. The molecule has 4 N–H and O–H groups in total. The molecular weight excluding hydrogens is 467 g/mol. The van der Waals surface area contributed by atoms with E-state index in [0.717, 1.165) is 6.42 Å². The normalized spacial score (nSPS) is 20.4. The first-order valence-electron chi connectivity index (χ1n) is 12.2. The maximum Gasteiger partial charge on any atom is 0.266 e. The second kappa shape index (κ2) is 15.5. The molecule has 2 fully saturated rings. The van der Waals surface area contributed by atoms with Crippen molar-refractivity contribution in [2.75, 3.05) is 25.5 Å². The first-order chi connectivity index (χ1) is 16.7. The van der Waals surface area contributed by atoms with E-state index in [4.69, 9.17) is 5.41 Å². The van der Waals surface area contributed by atoms with Crippen LogP contribution in [0.3, 0.4) is 0 Å². The van der Waals surface area contributed by atoms with Crippen LogP contribution in [0, 0.1) is 11.3 Å². The van der Waals surface area contributed by atoms with Crippen molar-refractivity contribution < 1.29 is 13.6 Å². The molecule has 0 saturated carbocycles. The molecule has 1 aromatic rings. The van der Waals surface area contributed by atoms with Crippen molar-refractivity contribution in [1.82, 2.24) is 10.6 Å². The predicted molar refractivity (Wildman–Crippen MR) is 147 cm³/mol. The number of para-hydroxylation sites is 1. The molecule has 0 aromatic heterocycles. The molecular formula is C26H40F2N5OP. The number of carbonyl (C=O) groups excluding carboxylic acids is 1. The Bertz CT molecular complexity index is 926. The molecule has 2 saturated heterocycles. The lowest BCUT2D eigenvalue weighted by Gasteiger charge is -2.32. The van der Waals surface area contributed by atoms with E-state index < -0.39 is 17.5 Å². The quantitative estimate of drug-likeness (QED) is 0.293. The van der Waals surface area contributed by atoms with Crippen molar-refractivity contribution in [2.45, 2.75) is 59.0 Å². The van der Waals surface area contributed by atoms with Gasteiger partial charge < -0.3 is 16.0 Å². The van der Waals surface area contributed by atoms with Crippen LogP contribution in [0.15, 0.2) is 52.7 Å². The fraction of sp³-hybridized carbons (Fsp3) is 0.500. The van der Waals surface area contributed by atoms with Crippen LogP contribution >= 0.6 is 9.24 Å². The minimum absolute atomic E-state index is 0.0669. The van der Waals surface area contributed by atoms with Crippen molar-refractivity contribution in [3.63, 3.8) is 0 Å². The Hall–Kier alpha value is -2.44. The molecule has 0 radical (unpaired) electrons. The molecule has 0 spiro atoms. The van der Waals surface area contributed by atoms with Gasteiger partial charge in [0.1, 0.15) is 5.84 Å². The van der Waals surface area contributed by atoms with Crippen molar-refractivity contribution in [3.8, 4) is 0 Å². The number of benzene rings is 1. The molecule has 194 valence electrons. The number of allylic oxidation sites excluding steroid dienone is 2.